The van der Waals surface area contributed by atoms with Gasteiger partial charge in [-0.05, 0) is 25.0 Å². The standard InChI is InChI=1S/C12H10ClN3/c13-11-7-10(9-3-1-2-6-14-9)15-12(16-11)8-4-5-8/h1-3,6-8H,4-5H2. The second kappa shape index (κ2) is 3.83. The molecule has 0 aliphatic heterocycles. The zero-order valence-corrected chi connectivity index (χ0v) is 9.35. The van der Waals surface area contributed by atoms with Gasteiger partial charge in [0.1, 0.15) is 11.0 Å². The summed E-state index contributed by atoms with van der Waals surface area (Å²) >= 11 is 5.99. The van der Waals surface area contributed by atoms with Gasteiger partial charge in [0.25, 0.3) is 0 Å². The first-order valence-corrected chi connectivity index (χ1v) is 5.66. The number of nitrogens with zero attached hydrogens (tertiary/aromatic N) is 3. The summed E-state index contributed by atoms with van der Waals surface area (Å²) < 4.78 is 0. The van der Waals surface area contributed by atoms with E-state index in [-0.39, 0.29) is 0 Å². The Morgan fingerprint density at radius 2 is 2.00 bits per heavy atom. The summed E-state index contributed by atoms with van der Waals surface area (Å²) in [5.41, 5.74) is 1.65. The van der Waals surface area contributed by atoms with Crippen LogP contribution in [0.1, 0.15) is 24.6 Å². The molecule has 4 heteroatoms. The van der Waals surface area contributed by atoms with Gasteiger partial charge in [0, 0.05) is 18.2 Å². The highest BCUT2D eigenvalue weighted by atomic mass is 35.5. The summed E-state index contributed by atoms with van der Waals surface area (Å²) in [6.45, 7) is 0. The van der Waals surface area contributed by atoms with Crippen LogP contribution in [0.3, 0.4) is 0 Å². The van der Waals surface area contributed by atoms with Gasteiger partial charge in [-0.1, -0.05) is 17.7 Å². The minimum atomic E-state index is 0.498. The summed E-state index contributed by atoms with van der Waals surface area (Å²) in [5, 5.41) is 0.498. The number of pyridine rings is 1. The van der Waals surface area contributed by atoms with E-state index in [1.807, 2.05) is 18.2 Å². The maximum Gasteiger partial charge on any atom is 0.133 e. The number of hydrogen-bond acceptors (Lipinski definition) is 3. The largest absolute Gasteiger partial charge is 0.255 e. The Bertz CT molecular complexity index is 509. The molecule has 0 spiro atoms. The molecule has 2 aromatic heterocycles. The molecule has 3 nitrogen and oxygen atoms in total. The van der Waals surface area contributed by atoms with Crippen LogP contribution in [0.15, 0.2) is 30.5 Å². The quantitative estimate of drug-likeness (QED) is 0.746. The molecule has 0 aromatic carbocycles. The molecule has 2 aromatic rings. The van der Waals surface area contributed by atoms with Crippen molar-refractivity contribution in [3.05, 3.63) is 41.4 Å². The highest BCUT2D eigenvalue weighted by Crippen LogP contribution is 2.38. The number of aromatic nitrogens is 3. The fraction of sp³-hybridized carbons (Fsp3) is 0.250. The van der Waals surface area contributed by atoms with Crippen molar-refractivity contribution >= 4 is 11.6 Å². The van der Waals surface area contributed by atoms with Gasteiger partial charge in [-0.3, -0.25) is 4.98 Å². The van der Waals surface area contributed by atoms with Gasteiger partial charge < -0.3 is 0 Å². The molecular weight excluding hydrogens is 222 g/mol. The Morgan fingerprint density at radius 1 is 1.12 bits per heavy atom. The van der Waals surface area contributed by atoms with E-state index in [2.05, 4.69) is 15.0 Å². The number of rotatable bonds is 2. The van der Waals surface area contributed by atoms with E-state index in [1.165, 1.54) is 12.8 Å². The molecule has 0 atom stereocenters. The maximum absolute atomic E-state index is 5.99. The van der Waals surface area contributed by atoms with E-state index in [1.54, 1.807) is 12.3 Å². The summed E-state index contributed by atoms with van der Waals surface area (Å²) in [6.07, 6.45) is 4.09. The van der Waals surface area contributed by atoms with E-state index < -0.39 is 0 Å². The van der Waals surface area contributed by atoms with Crippen molar-refractivity contribution in [2.24, 2.45) is 0 Å². The van der Waals surface area contributed by atoms with Crippen LogP contribution in [0.4, 0.5) is 0 Å². The second-order valence-electron chi connectivity index (χ2n) is 3.92. The lowest BCUT2D eigenvalue weighted by Gasteiger charge is -2.03. The molecule has 1 saturated carbocycles. The van der Waals surface area contributed by atoms with Gasteiger partial charge in [-0.2, -0.15) is 0 Å². The highest BCUT2D eigenvalue weighted by molar-refractivity contribution is 6.29. The summed E-state index contributed by atoms with van der Waals surface area (Å²) in [6, 6.07) is 7.51. The third-order valence-electron chi connectivity index (χ3n) is 2.58. The maximum atomic E-state index is 5.99. The minimum Gasteiger partial charge on any atom is -0.255 e. The van der Waals surface area contributed by atoms with Crippen LogP contribution in [0, 0.1) is 0 Å². The normalized spacial score (nSPS) is 15.1. The molecule has 0 bridgehead atoms. The van der Waals surface area contributed by atoms with Crippen LogP contribution >= 0.6 is 11.6 Å². The molecule has 80 valence electrons. The van der Waals surface area contributed by atoms with Gasteiger partial charge in [-0.25, -0.2) is 9.97 Å². The van der Waals surface area contributed by atoms with E-state index in [0.717, 1.165) is 17.2 Å². The fourth-order valence-electron chi connectivity index (χ4n) is 1.60. The fourth-order valence-corrected chi connectivity index (χ4v) is 1.79. The van der Waals surface area contributed by atoms with Gasteiger partial charge >= 0.3 is 0 Å². The minimum absolute atomic E-state index is 0.498. The molecule has 1 aliphatic carbocycles. The van der Waals surface area contributed by atoms with E-state index in [0.29, 0.717) is 11.1 Å². The molecular formula is C12H10ClN3. The van der Waals surface area contributed by atoms with Gasteiger partial charge in [0.05, 0.1) is 11.4 Å². The average Bonchev–Trinajstić information content (AvgIpc) is 3.13. The lowest BCUT2D eigenvalue weighted by atomic mass is 10.2. The van der Waals surface area contributed by atoms with E-state index >= 15 is 0 Å². The zero-order valence-electron chi connectivity index (χ0n) is 8.60. The van der Waals surface area contributed by atoms with Gasteiger partial charge in [-0.15, -0.1) is 0 Å². The van der Waals surface area contributed by atoms with Crippen LogP contribution in [0.2, 0.25) is 5.15 Å². The molecule has 0 unspecified atom stereocenters. The topological polar surface area (TPSA) is 38.7 Å². The highest BCUT2D eigenvalue weighted by Gasteiger charge is 2.27. The smallest absolute Gasteiger partial charge is 0.133 e. The van der Waals surface area contributed by atoms with Crippen LogP contribution < -0.4 is 0 Å². The molecule has 0 N–H and O–H groups in total. The van der Waals surface area contributed by atoms with Crippen LogP contribution in [0.5, 0.6) is 0 Å². The predicted octanol–water partition coefficient (Wildman–Crippen LogP) is 3.07. The second-order valence-corrected chi connectivity index (χ2v) is 4.31. The Labute approximate surface area is 98.5 Å². The Hall–Kier alpha value is -1.48. The van der Waals surface area contributed by atoms with E-state index in [9.17, 15) is 0 Å². The molecule has 1 aliphatic rings. The first kappa shape index (κ1) is 9.73. The van der Waals surface area contributed by atoms with Gasteiger partial charge in [0.2, 0.25) is 0 Å². The van der Waals surface area contributed by atoms with Crippen LogP contribution in [-0.4, -0.2) is 15.0 Å². The van der Waals surface area contributed by atoms with Crippen molar-refractivity contribution in [1.29, 1.82) is 0 Å². The summed E-state index contributed by atoms with van der Waals surface area (Å²) in [7, 11) is 0. The zero-order chi connectivity index (χ0) is 11.0. The SMILES string of the molecule is Clc1cc(-c2ccccn2)nc(C2CC2)n1. The van der Waals surface area contributed by atoms with Crippen molar-refractivity contribution in [3.8, 4) is 11.4 Å². The molecule has 3 rings (SSSR count). The Balaban J connectivity index is 2.06. The molecule has 0 saturated heterocycles. The molecule has 16 heavy (non-hydrogen) atoms. The van der Waals surface area contributed by atoms with Crippen molar-refractivity contribution in [3.63, 3.8) is 0 Å². The number of hydrogen-bond donors (Lipinski definition) is 0. The van der Waals surface area contributed by atoms with E-state index in [4.69, 9.17) is 11.6 Å². The lowest BCUT2D eigenvalue weighted by Crippen LogP contribution is -1.96. The third-order valence-corrected chi connectivity index (χ3v) is 2.78. The third kappa shape index (κ3) is 1.91. The lowest BCUT2D eigenvalue weighted by molar-refractivity contribution is 0.928. The number of halogens is 1. The van der Waals surface area contributed by atoms with Crippen molar-refractivity contribution in [1.82, 2.24) is 15.0 Å². The monoisotopic (exact) mass is 231 g/mol. The van der Waals surface area contributed by atoms with Crippen molar-refractivity contribution in [2.75, 3.05) is 0 Å². The van der Waals surface area contributed by atoms with Crippen molar-refractivity contribution < 1.29 is 0 Å². The van der Waals surface area contributed by atoms with Gasteiger partial charge in [0.15, 0.2) is 0 Å². The predicted molar refractivity (Wildman–Crippen MR) is 62.2 cm³/mol. The first-order chi connectivity index (χ1) is 7.83. The molecule has 0 radical (unpaired) electrons. The first-order valence-electron chi connectivity index (χ1n) is 5.29. The van der Waals surface area contributed by atoms with Crippen LogP contribution in [0.25, 0.3) is 11.4 Å². The Morgan fingerprint density at radius 3 is 2.69 bits per heavy atom. The summed E-state index contributed by atoms with van der Waals surface area (Å²) in [5.74, 6) is 1.36. The van der Waals surface area contributed by atoms with Crippen LogP contribution in [-0.2, 0) is 0 Å². The molecule has 2 heterocycles. The molecule has 1 fully saturated rings. The Kier molecular flexibility index (Phi) is 2.33. The molecule has 0 amide bonds. The summed E-state index contributed by atoms with van der Waals surface area (Å²) in [4.78, 5) is 13.0. The average molecular weight is 232 g/mol. The van der Waals surface area contributed by atoms with Crippen molar-refractivity contribution in [2.45, 2.75) is 18.8 Å².